The molecule has 1 aromatic carbocycles. The Labute approximate surface area is 171 Å². The summed E-state index contributed by atoms with van der Waals surface area (Å²) in [5.41, 5.74) is 4.30. The summed E-state index contributed by atoms with van der Waals surface area (Å²) in [4.78, 5) is 24.3. The zero-order valence-corrected chi connectivity index (χ0v) is 16.8. The molecule has 0 bridgehead atoms. The van der Waals surface area contributed by atoms with Crippen molar-refractivity contribution < 1.29 is 4.79 Å². The molecule has 0 spiro atoms. The number of carbonyl (C=O) groups excluding carboxylic acids is 1. The van der Waals surface area contributed by atoms with E-state index in [-0.39, 0.29) is 5.91 Å². The summed E-state index contributed by atoms with van der Waals surface area (Å²) < 4.78 is 0. The summed E-state index contributed by atoms with van der Waals surface area (Å²) in [6.07, 6.45) is 5.49. The van der Waals surface area contributed by atoms with E-state index in [1.807, 2.05) is 67.7 Å². The maximum absolute atomic E-state index is 12.8. The van der Waals surface area contributed by atoms with Crippen LogP contribution < -0.4 is 10.2 Å². The SMILES string of the molecule is Cc1nc(-c2ccccc2)ccc1C(=O)NCc1cccnc1N1CCCCC1. The van der Waals surface area contributed by atoms with Crippen LogP contribution in [0.2, 0.25) is 0 Å². The summed E-state index contributed by atoms with van der Waals surface area (Å²) in [6.45, 7) is 4.40. The number of hydrogen-bond donors (Lipinski definition) is 1. The molecule has 1 N–H and O–H groups in total. The molecule has 3 heterocycles. The Hall–Kier alpha value is -3.21. The predicted octanol–water partition coefficient (Wildman–Crippen LogP) is 4.37. The highest BCUT2D eigenvalue weighted by molar-refractivity contribution is 5.95. The van der Waals surface area contributed by atoms with Crippen molar-refractivity contribution in [2.75, 3.05) is 18.0 Å². The summed E-state index contributed by atoms with van der Waals surface area (Å²) in [5, 5.41) is 3.05. The number of nitrogens with one attached hydrogen (secondary N) is 1. The fourth-order valence-electron chi connectivity index (χ4n) is 3.80. The van der Waals surface area contributed by atoms with Crippen molar-refractivity contribution in [3.05, 3.63) is 77.6 Å². The van der Waals surface area contributed by atoms with Gasteiger partial charge < -0.3 is 10.2 Å². The van der Waals surface area contributed by atoms with Gasteiger partial charge in [0, 0.05) is 37.0 Å². The minimum absolute atomic E-state index is 0.108. The lowest BCUT2D eigenvalue weighted by Crippen LogP contribution is -2.32. The maximum atomic E-state index is 12.8. The number of benzene rings is 1. The van der Waals surface area contributed by atoms with Gasteiger partial charge in [0.15, 0.2) is 0 Å². The lowest BCUT2D eigenvalue weighted by molar-refractivity contribution is 0.0950. The number of piperidine rings is 1. The molecule has 0 saturated carbocycles. The van der Waals surface area contributed by atoms with Gasteiger partial charge in [-0.1, -0.05) is 36.4 Å². The first kappa shape index (κ1) is 19.1. The van der Waals surface area contributed by atoms with Crippen LogP contribution in [0.25, 0.3) is 11.3 Å². The van der Waals surface area contributed by atoms with E-state index < -0.39 is 0 Å². The number of carbonyl (C=O) groups is 1. The highest BCUT2D eigenvalue weighted by atomic mass is 16.1. The van der Waals surface area contributed by atoms with Gasteiger partial charge in [-0.2, -0.15) is 0 Å². The van der Waals surface area contributed by atoms with Gasteiger partial charge in [-0.15, -0.1) is 0 Å². The fraction of sp³-hybridized carbons (Fsp3) is 0.292. The number of nitrogens with zero attached hydrogens (tertiary/aromatic N) is 3. The Morgan fingerprint density at radius 1 is 1.00 bits per heavy atom. The van der Waals surface area contributed by atoms with Crippen LogP contribution in [0.1, 0.15) is 40.9 Å². The van der Waals surface area contributed by atoms with Crippen molar-refractivity contribution >= 4 is 11.7 Å². The highest BCUT2D eigenvalue weighted by Gasteiger charge is 2.17. The van der Waals surface area contributed by atoms with Crippen LogP contribution in [0, 0.1) is 6.92 Å². The van der Waals surface area contributed by atoms with Crippen LogP contribution in [0.4, 0.5) is 5.82 Å². The van der Waals surface area contributed by atoms with Gasteiger partial charge in [0.2, 0.25) is 0 Å². The third kappa shape index (κ3) is 4.45. The lowest BCUT2D eigenvalue weighted by Gasteiger charge is -2.29. The first-order valence-electron chi connectivity index (χ1n) is 10.2. The van der Waals surface area contributed by atoms with Gasteiger partial charge in [-0.25, -0.2) is 4.98 Å². The van der Waals surface area contributed by atoms with Gasteiger partial charge in [0.1, 0.15) is 5.82 Å². The molecule has 5 heteroatoms. The lowest BCUT2D eigenvalue weighted by atomic mass is 10.1. The molecule has 2 aromatic heterocycles. The third-order valence-electron chi connectivity index (χ3n) is 5.36. The number of amides is 1. The Kier molecular flexibility index (Phi) is 5.84. The molecule has 148 valence electrons. The van der Waals surface area contributed by atoms with Crippen LogP contribution in [0.15, 0.2) is 60.8 Å². The minimum Gasteiger partial charge on any atom is -0.356 e. The standard InChI is InChI=1S/C24H26N4O/c1-18-21(12-13-22(27-18)19-9-4-2-5-10-19)24(29)26-17-20-11-8-14-25-23(20)28-15-6-3-7-16-28/h2,4-5,8-14H,3,6-7,15-17H2,1H3,(H,26,29). The molecule has 5 nitrogen and oxygen atoms in total. The predicted molar refractivity (Wildman–Crippen MR) is 116 cm³/mol. The minimum atomic E-state index is -0.108. The molecule has 0 radical (unpaired) electrons. The van der Waals surface area contributed by atoms with Crippen molar-refractivity contribution in [3.63, 3.8) is 0 Å². The van der Waals surface area contributed by atoms with Crippen LogP contribution in [0.5, 0.6) is 0 Å². The molecular formula is C24H26N4O. The molecule has 1 amide bonds. The summed E-state index contributed by atoms with van der Waals surface area (Å²) in [6, 6.07) is 17.7. The third-order valence-corrected chi connectivity index (χ3v) is 5.36. The van der Waals surface area contributed by atoms with Crippen LogP contribution >= 0.6 is 0 Å². The molecule has 1 fully saturated rings. The monoisotopic (exact) mass is 386 g/mol. The Morgan fingerprint density at radius 2 is 1.79 bits per heavy atom. The van der Waals surface area contributed by atoms with Crippen molar-refractivity contribution in [1.29, 1.82) is 0 Å². The van der Waals surface area contributed by atoms with E-state index in [2.05, 4.69) is 20.2 Å². The first-order chi connectivity index (χ1) is 14.2. The first-order valence-corrected chi connectivity index (χ1v) is 10.2. The molecule has 29 heavy (non-hydrogen) atoms. The van der Waals surface area contributed by atoms with Crippen molar-refractivity contribution in [3.8, 4) is 11.3 Å². The van der Waals surface area contributed by atoms with E-state index in [1.165, 1.54) is 19.3 Å². The van der Waals surface area contributed by atoms with E-state index >= 15 is 0 Å². The van der Waals surface area contributed by atoms with Crippen LogP contribution in [0.3, 0.4) is 0 Å². The van der Waals surface area contributed by atoms with E-state index in [0.717, 1.165) is 41.4 Å². The molecule has 4 rings (SSSR count). The summed E-state index contributed by atoms with van der Waals surface area (Å²) in [5.74, 6) is 0.879. The average Bonchev–Trinajstić information content (AvgIpc) is 2.79. The molecular weight excluding hydrogens is 360 g/mol. The van der Waals surface area contributed by atoms with Gasteiger partial charge >= 0.3 is 0 Å². The van der Waals surface area contributed by atoms with Crippen LogP contribution in [-0.4, -0.2) is 29.0 Å². The molecule has 1 saturated heterocycles. The number of anilines is 1. The zero-order chi connectivity index (χ0) is 20.1. The number of aryl methyl sites for hydroxylation is 1. The quantitative estimate of drug-likeness (QED) is 0.707. The fourth-order valence-corrected chi connectivity index (χ4v) is 3.80. The summed E-state index contributed by atoms with van der Waals surface area (Å²) >= 11 is 0. The Bertz CT molecular complexity index is 981. The van der Waals surface area contributed by atoms with Crippen molar-refractivity contribution in [2.24, 2.45) is 0 Å². The normalized spacial score (nSPS) is 13.9. The summed E-state index contributed by atoms with van der Waals surface area (Å²) in [7, 11) is 0. The molecule has 0 unspecified atom stereocenters. The van der Waals surface area contributed by atoms with E-state index in [1.54, 1.807) is 0 Å². The maximum Gasteiger partial charge on any atom is 0.253 e. The molecule has 1 aliphatic rings. The number of pyridine rings is 2. The van der Waals surface area contributed by atoms with Crippen molar-refractivity contribution in [2.45, 2.75) is 32.7 Å². The van der Waals surface area contributed by atoms with Gasteiger partial charge in [-0.3, -0.25) is 9.78 Å². The largest absolute Gasteiger partial charge is 0.356 e. The number of aromatic nitrogens is 2. The number of rotatable bonds is 5. The Balaban J connectivity index is 1.47. The zero-order valence-electron chi connectivity index (χ0n) is 16.8. The average molecular weight is 386 g/mol. The Morgan fingerprint density at radius 3 is 2.55 bits per heavy atom. The van der Waals surface area contributed by atoms with E-state index in [9.17, 15) is 4.79 Å². The smallest absolute Gasteiger partial charge is 0.253 e. The van der Waals surface area contributed by atoms with Gasteiger partial charge in [0.05, 0.1) is 17.0 Å². The molecule has 0 aliphatic carbocycles. The molecule has 0 atom stereocenters. The van der Waals surface area contributed by atoms with Gasteiger partial charge in [-0.05, 0) is 44.4 Å². The second kappa shape index (κ2) is 8.86. The second-order valence-electron chi connectivity index (χ2n) is 7.41. The highest BCUT2D eigenvalue weighted by Crippen LogP contribution is 2.22. The molecule has 1 aliphatic heterocycles. The van der Waals surface area contributed by atoms with Crippen molar-refractivity contribution in [1.82, 2.24) is 15.3 Å². The van der Waals surface area contributed by atoms with E-state index in [4.69, 9.17) is 0 Å². The second-order valence-corrected chi connectivity index (χ2v) is 7.41. The number of hydrogen-bond acceptors (Lipinski definition) is 4. The van der Waals surface area contributed by atoms with E-state index in [0.29, 0.717) is 12.1 Å². The van der Waals surface area contributed by atoms with Gasteiger partial charge in [0.25, 0.3) is 5.91 Å². The molecule has 3 aromatic rings. The topological polar surface area (TPSA) is 58.1 Å². The van der Waals surface area contributed by atoms with Crippen LogP contribution in [-0.2, 0) is 6.54 Å².